The first-order chi connectivity index (χ1) is 15.3. The molecule has 32 heavy (non-hydrogen) atoms. The summed E-state index contributed by atoms with van der Waals surface area (Å²) < 4.78 is 29.1. The summed E-state index contributed by atoms with van der Waals surface area (Å²) in [6.07, 6.45) is 0.375. The maximum Gasteiger partial charge on any atom is 0.345 e. The number of allylic oxidation sites excluding steroid dienone is 2. The lowest BCUT2D eigenvalue weighted by molar-refractivity contribution is -0.140. The number of nitrogens with one attached hydrogen (secondary N) is 1. The van der Waals surface area contributed by atoms with Crippen LogP contribution >= 0.6 is 0 Å². The second-order valence-electron chi connectivity index (χ2n) is 7.10. The standard InChI is InChI=1S/C24H26F2N2O4/c1-16-9-7-8-12-20(16)23(31)22(27-17(2)19-10-5-4-6-11-19)21(15-29)28(18(3)30)13-14-32-24(25)26/h4-12,15,17,24,27H,13-14H2,1-3H3/b22-21-. The topological polar surface area (TPSA) is 75.7 Å². The van der Waals surface area contributed by atoms with Gasteiger partial charge in [0.25, 0.3) is 0 Å². The largest absolute Gasteiger partial charge is 0.374 e. The first-order valence-corrected chi connectivity index (χ1v) is 10.0. The number of hydrogen-bond donors (Lipinski definition) is 1. The molecule has 0 saturated carbocycles. The minimum Gasteiger partial charge on any atom is -0.374 e. The van der Waals surface area contributed by atoms with Gasteiger partial charge in [0, 0.05) is 25.1 Å². The number of alkyl halides is 2. The number of aldehydes is 1. The van der Waals surface area contributed by atoms with Crippen molar-refractivity contribution in [2.45, 2.75) is 33.4 Å². The van der Waals surface area contributed by atoms with Crippen molar-refractivity contribution < 1.29 is 27.9 Å². The predicted octanol–water partition coefficient (Wildman–Crippen LogP) is 4.03. The Kier molecular flexibility index (Phi) is 9.22. The summed E-state index contributed by atoms with van der Waals surface area (Å²) in [5.41, 5.74) is 1.54. The number of amides is 1. The molecule has 0 aromatic heterocycles. The Morgan fingerprint density at radius 3 is 2.28 bits per heavy atom. The molecule has 2 rings (SSSR count). The van der Waals surface area contributed by atoms with Gasteiger partial charge in [-0.15, -0.1) is 0 Å². The van der Waals surface area contributed by atoms with Crippen molar-refractivity contribution in [2.75, 3.05) is 13.2 Å². The van der Waals surface area contributed by atoms with E-state index >= 15 is 0 Å². The van der Waals surface area contributed by atoms with Crippen molar-refractivity contribution in [2.24, 2.45) is 0 Å². The number of nitrogens with zero attached hydrogens (tertiary/aromatic N) is 1. The zero-order valence-corrected chi connectivity index (χ0v) is 18.2. The molecule has 170 valence electrons. The summed E-state index contributed by atoms with van der Waals surface area (Å²) in [6, 6.07) is 15.7. The maximum atomic E-state index is 13.5. The predicted molar refractivity (Wildman–Crippen MR) is 116 cm³/mol. The molecule has 6 nitrogen and oxygen atoms in total. The molecule has 0 aliphatic carbocycles. The lowest BCUT2D eigenvalue weighted by Gasteiger charge is -2.26. The van der Waals surface area contributed by atoms with Crippen LogP contribution in [0.5, 0.6) is 0 Å². The average molecular weight is 444 g/mol. The van der Waals surface area contributed by atoms with E-state index < -0.39 is 24.9 Å². The number of halogens is 2. The molecule has 0 aliphatic rings. The van der Waals surface area contributed by atoms with Crippen LogP contribution < -0.4 is 5.32 Å². The molecule has 0 radical (unpaired) electrons. The number of rotatable bonds is 11. The fourth-order valence-corrected chi connectivity index (χ4v) is 3.20. The van der Waals surface area contributed by atoms with E-state index in [1.165, 1.54) is 6.92 Å². The number of benzene rings is 2. The number of hydrogen-bond acceptors (Lipinski definition) is 5. The van der Waals surface area contributed by atoms with Gasteiger partial charge in [0.1, 0.15) is 11.4 Å². The van der Waals surface area contributed by atoms with Crippen LogP contribution in [0.2, 0.25) is 0 Å². The van der Waals surface area contributed by atoms with Gasteiger partial charge in [-0.3, -0.25) is 14.4 Å². The van der Waals surface area contributed by atoms with Crippen LogP contribution in [0.1, 0.15) is 41.4 Å². The molecule has 0 spiro atoms. The molecule has 0 bridgehead atoms. The number of ether oxygens (including phenoxy) is 1. The highest BCUT2D eigenvalue weighted by Crippen LogP contribution is 2.21. The van der Waals surface area contributed by atoms with Crippen molar-refractivity contribution in [3.05, 3.63) is 82.7 Å². The highest BCUT2D eigenvalue weighted by atomic mass is 19.3. The summed E-state index contributed by atoms with van der Waals surface area (Å²) in [5, 5.41) is 3.06. The molecular weight excluding hydrogens is 418 g/mol. The summed E-state index contributed by atoms with van der Waals surface area (Å²) in [5.74, 6) is -1.08. The van der Waals surface area contributed by atoms with Crippen molar-refractivity contribution >= 4 is 18.0 Å². The molecule has 0 heterocycles. The fourth-order valence-electron chi connectivity index (χ4n) is 3.20. The van der Waals surface area contributed by atoms with Crippen LogP contribution in [0, 0.1) is 6.92 Å². The first kappa shape index (κ1) is 24.9. The number of carbonyl (C=O) groups excluding carboxylic acids is 3. The second kappa shape index (κ2) is 11.9. The summed E-state index contributed by atoms with van der Waals surface area (Å²) in [4.78, 5) is 38.8. The van der Waals surface area contributed by atoms with E-state index in [9.17, 15) is 23.2 Å². The highest BCUT2D eigenvalue weighted by molar-refractivity contribution is 6.12. The number of carbonyl (C=O) groups is 3. The summed E-state index contributed by atoms with van der Waals surface area (Å²) >= 11 is 0. The minimum absolute atomic E-state index is 0.0992. The SMILES string of the molecule is CC(=O)N(CCOC(F)F)/C(C=O)=C(\NC(C)c1ccccc1)C(=O)c1ccccc1C. The summed E-state index contributed by atoms with van der Waals surface area (Å²) in [7, 11) is 0. The molecule has 1 atom stereocenters. The van der Waals surface area contributed by atoms with Crippen LogP contribution in [-0.4, -0.2) is 42.6 Å². The van der Waals surface area contributed by atoms with Gasteiger partial charge in [0.2, 0.25) is 11.7 Å². The Bertz CT molecular complexity index is 977. The van der Waals surface area contributed by atoms with Crippen LogP contribution in [0.3, 0.4) is 0 Å². The van der Waals surface area contributed by atoms with Gasteiger partial charge >= 0.3 is 6.61 Å². The van der Waals surface area contributed by atoms with Crippen LogP contribution in [-0.2, 0) is 14.3 Å². The molecule has 1 N–H and O–H groups in total. The maximum absolute atomic E-state index is 13.5. The summed E-state index contributed by atoms with van der Waals surface area (Å²) in [6.45, 7) is 0.903. The van der Waals surface area contributed by atoms with Gasteiger partial charge in [-0.05, 0) is 25.0 Å². The zero-order chi connectivity index (χ0) is 23.7. The van der Waals surface area contributed by atoms with Crippen molar-refractivity contribution in [1.29, 1.82) is 0 Å². The van der Waals surface area contributed by atoms with Crippen molar-refractivity contribution in [3.63, 3.8) is 0 Å². The Morgan fingerprint density at radius 2 is 1.72 bits per heavy atom. The van der Waals surface area contributed by atoms with Crippen molar-refractivity contribution in [1.82, 2.24) is 10.2 Å². The van der Waals surface area contributed by atoms with E-state index in [1.807, 2.05) is 30.3 Å². The molecule has 1 unspecified atom stereocenters. The number of aryl methyl sites for hydroxylation is 1. The second-order valence-corrected chi connectivity index (χ2v) is 7.10. The number of ketones is 1. The Balaban J connectivity index is 2.54. The van der Waals surface area contributed by atoms with Gasteiger partial charge in [0.15, 0.2) is 6.29 Å². The Labute approximate surface area is 185 Å². The molecular formula is C24H26F2N2O4. The lowest BCUT2D eigenvalue weighted by Crippen LogP contribution is -2.37. The normalized spacial score (nSPS) is 12.7. The Hall–Kier alpha value is -3.39. The smallest absolute Gasteiger partial charge is 0.345 e. The molecule has 0 saturated heterocycles. The number of Topliss-reactive ketones (excluding diaryl/α,β-unsaturated/α-hetero) is 1. The quantitative estimate of drug-likeness (QED) is 0.322. The fraction of sp³-hybridized carbons (Fsp3) is 0.292. The van der Waals surface area contributed by atoms with Gasteiger partial charge in [-0.1, -0.05) is 54.6 Å². The Morgan fingerprint density at radius 1 is 1.09 bits per heavy atom. The van der Waals surface area contributed by atoms with E-state index in [4.69, 9.17) is 0 Å². The first-order valence-electron chi connectivity index (χ1n) is 10.0. The van der Waals surface area contributed by atoms with E-state index in [0.29, 0.717) is 17.4 Å². The minimum atomic E-state index is -3.02. The van der Waals surface area contributed by atoms with E-state index in [-0.39, 0.29) is 24.0 Å². The monoisotopic (exact) mass is 444 g/mol. The molecule has 2 aromatic carbocycles. The molecule has 8 heteroatoms. The molecule has 0 fully saturated rings. The average Bonchev–Trinajstić information content (AvgIpc) is 2.77. The third-order valence-corrected chi connectivity index (χ3v) is 4.87. The lowest BCUT2D eigenvalue weighted by atomic mass is 10.00. The van der Waals surface area contributed by atoms with Gasteiger partial charge in [0.05, 0.1) is 6.61 Å². The van der Waals surface area contributed by atoms with Crippen LogP contribution in [0.4, 0.5) is 8.78 Å². The van der Waals surface area contributed by atoms with Crippen LogP contribution in [0.15, 0.2) is 66.0 Å². The van der Waals surface area contributed by atoms with E-state index in [1.54, 1.807) is 38.1 Å². The zero-order valence-electron chi connectivity index (χ0n) is 18.2. The van der Waals surface area contributed by atoms with Crippen molar-refractivity contribution in [3.8, 4) is 0 Å². The molecule has 0 aliphatic heterocycles. The van der Waals surface area contributed by atoms with E-state index in [0.717, 1.165) is 10.5 Å². The third kappa shape index (κ3) is 6.55. The van der Waals surface area contributed by atoms with Gasteiger partial charge < -0.3 is 15.0 Å². The molecule has 1 amide bonds. The van der Waals surface area contributed by atoms with E-state index in [2.05, 4.69) is 10.1 Å². The molecule has 2 aromatic rings. The van der Waals surface area contributed by atoms with Gasteiger partial charge in [-0.2, -0.15) is 8.78 Å². The highest BCUT2D eigenvalue weighted by Gasteiger charge is 2.26. The van der Waals surface area contributed by atoms with Gasteiger partial charge in [-0.25, -0.2) is 0 Å². The third-order valence-electron chi connectivity index (χ3n) is 4.87. The van der Waals surface area contributed by atoms with Crippen LogP contribution in [0.25, 0.3) is 0 Å².